The van der Waals surface area contributed by atoms with Crippen LogP contribution in [0, 0.1) is 10.1 Å². The van der Waals surface area contributed by atoms with Gasteiger partial charge in [-0.15, -0.1) is 0 Å². The van der Waals surface area contributed by atoms with Crippen LogP contribution in [0.15, 0.2) is 22.7 Å². The van der Waals surface area contributed by atoms with E-state index < -0.39 is 4.92 Å². The molecule has 104 valence electrons. The van der Waals surface area contributed by atoms with E-state index in [1.807, 2.05) is 20.8 Å². The number of nitro benzene ring substituents is 1. The van der Waals surface area contributed by atoms with Gasteiger partial charge >= 0.3 is 0 Å². The number of amides is 1. The van der Waals surface area contributed by atoms with E-state index >= 15 is 0 Å². The van der Waals surface area contributed by atoms with Gasteiger partial charge in [-0.2, -0.15) is 0 Å². The van der Waals surface area contributed by atoms with Gasteiger partial charge in [0.2, 0.25) is 0 Å². The number of nitro groups is 1. The summed E-state index contributed by atoms with van der Waals surface area (Å²) in [6.45, 7) is 6.48. The van der Waals surface area contributed by atoms with Crippen LogP contribution in [-0.4, -0.2) is 28.3 Å². The molecule has 0 atom stereocenters. The Morgan fingerprint density at radius 2 is 2.11 bits per heavy atom. The van der Waals surface area contributed by atoms with Crippen LogP contribution in [0.1, 0.15) is 37.6 Å². The SMILES string of the molecule is CCCN(C(=O)c1cccc([N+](=O)[O-])c1Br)C(C)C. The summed E-state index contributed by atoms with van der Waals surface area (Å²) in [6, 6.07) is 4.56. The lowest BCUT2D eigenvalue weighted by molar-refractivity contribution is -0.385. The van der Waals surface area contributed by atoms with Crippen molar-refractivity contribution in [3.8, 4) is 0 Å². The number of rotatable bonds is 5. The number of carbonyl (C=O) groups is 1. The predicted octanol–water partition coefficient (Wildman–Crippen LogP) is 3.62. The molecule has 0 fully saturated rings. The highest BCUT2D eigenvalue weighted by Gasteiger charge is 2.24. The summed E-state index contributed by atoms with van der Waals surface area (Å²) in [6.07, 6.45) is 0.844. The highest BCUT2D eigenvalue weighted by molar-refractivity contribution is 9.10. The predicted molar refractivity (Wildman–Crippen MR) is 77.3 cm³/mol. The van der Waals surface area contributed by atoms with E-state index in [1.54, 1.807) is 11.0 Å². The summed E-state index contributed by atoms with van der Waals surface area (Å²) in [7, 11) is 0. The van der Waals surface area contributed by atoms with Crippen molar-refractivity contribution in [3.05, 3.63) is 38.3 Å². The maximum Gasteiger partial charge on any atom is 0.284 e. The van der Waals surface area contributed by atoms with Crippen LogP contribution in [0.25, 0.3) is 0 Å². The summed E-state index contributed by atoms with van der Waals surface area (Å²) in [4.78, 5) is 24.5. The second-order valence-corrected chi connectivity index (χ2v) is 5.28. The van der Waals surface area contributed by atoms with Gasteiger partial charge in [-0.05, 0) is 42.3 Å². The van der Waals surface area contributed by atoms with Gasteiger partial charge in [0.05, 0.1) is 10.5 Å². The molecule has 5 nitrogen and oxygen atoms in total. The average Bonchev–Trinajstić information content (AvgIpc) is 2.34. The number of carbonyl (C=O) groups excluding carboxylic acids is 1. The normalized spacial score (nSPS) is 10.6. The summed E-state index contributed by atoms with van der Waals surface area (Å²) in [5.41, 5.74) is 0.238. The van der Waals surface area contributed by atoms with Crippen molar-refractivity contribution in [2.24, 2.45) is 0 Å². The fourth-order valence-electron chi connectivity index (χ4n) is 1.82. The average molecular weight is 329 g/mol. The lowest BCUT2D eigenvalue weighted by Gasteiger charge is -2.26. The topological polar surface area (TPSA) is 63.5 Å². The number of hydrogen-bond donors (Lipinski definition) is 0. The van der Waals surface area contributed by atoms with E-state index in [0.717, 1.165) is 6.42 Å². The van der Waals surface area contributed by atoms with Gasteiger partial charge in [-0.25, -0.2) is 0 Å². The molecule has 0 saturated heterocycles. The Hall–Kier alpha value is -1.43. The Morgan fingerprint density at radius 3 is 2.58 bits per heavy atom. The maximum atomic E-state index is 12.4. The number of nitrogens with zero attached hydrogens (tertiary/aromatic N) is 2. The van der Waals surface area contributed by atoms with Crippen LogP contribution < -0.4 is 0 Å². The monoisotopic (exact) mass is 328 g/mol. The van der Waals surface area contributed by atoms with E-state index in [-0.39, 0.29) is 22.1 Å². The lowest BCUT2D eigenvalue weighted by atomic mass is 10.1. The van der Waals surface area contributed by atoms with Gasteiger partial charge in [0.25, 0.3) is 11.6 Å². The number of hydrogen-bond acceptors (Lipinski definition) is 3. The van der Waals surface area contributed by atoms with Crippen LogP contribution in [0.3, 0.4) is 0 Å². The first kappa shape index (κ1) is 15.6. The minimum Gasteiger partial charge on any atom is -0.336 e. The van der Waals surface area contributed by atoms with E-state index in [0.29, 0.717) is 12.1 Å². The molecule has 19 heavy (non-hydrogen) atoms. The van der Waals surface area contributed by atoms with Crippen molar-refractivity contribution >= 4 is 27.5 Å². The van der Waals surface area contributed by atoms with Crippen molar-refractivity contribution < 1.29 is 9.72 Å². The fourth-order valence-corrected chi connectivity index (χ4v) is 2.39. The van der Waals surface area contributed by atoms with Crippen molar-refractivity contribution in [2.75, 3.05) is 6.54 Å². The minimum absolute atomic E-state index is 0.0543. The molecule has 0 aliphatic heterocycles. The summed E-state index contributed by atoms with van der Waals surface area (Å²) < 4.78 is 0.242. The van der Waals surface area contributed by atoms with E-state index in [1.165, 1.54) is 12.1 Å². The molecule has 6 heteroatoms. The van der Waals surface area contributed by atoms with Gasteiger partial charge in [0.15, 0.2) is 0 Å². The number of benzene rings is 1. The second-order valence-electron chi connectivity index (χ2n) is 4.49. The molecular formula is C13H17BrN2O3. The van der Waals surface area contributed by atoms with E-state index in [2.05, 4.69) is 15.9 Å². The van der Waals surface area contributed by atoms with E-state index in [9.17, 15) is 14.9 Å². The molecule has 0 aliphatic rings. The summed E-state index contributed by atoms with van der Waals surface area (Å²) in [5, 5.41) is 10.9. The molecule has 0 saturated carbocycles. The first-order chi connectivity index (χ1) is 8.90. The van der Waals surface area contributed by atoms with E-state index in [4.69, 9.17) is 0 Å². The third kappa shape index (κ3) is 3.53. The smallest absolute Gasteiger partial charge is 0.284 e. The standard InChI is InChI=1S/C13H17BrN2O3/c1-4-8-15(9(2)3)13(17)10-6-5-7-11(12(10)14)16(18)19/h5-7,9H,4,8H2,1-3H3. The van der Waals surface area contributed by atoms with Crippen LogP contribution in [0.2, 0.25) is 0 Å². The Balaban J connectivity index is 3.18. The first-order valence-electron chi connectivity index (χ1n) is 6.14. The first-order valence-corrected chi connectivity index (χ1v) is 6.93. The quantitative estimate of drug-likeness (QED) is 0.612. The zero-order valence-electron chi connectivity index (χ0n) is 11.2. The summed E-state index contributed by atoms with van der Waals surface area (Å²) >= 11 is 3.16. The maximum absolute atomic E-state index is 12.4. The zero-order valence-corrected chi connectivity index (χ0v) is 12.8. The van der Waals surface area contributed by atoms with Crippen LogP contribution in [0.5, 0.6) is 0 Å². The Kier molecular flexibility index (Phi) is 5.47. The van der Waals surface area contributed by atoms with Crippen LogP contribution >= 0.6 is 15.9 Å². The Morgan fingerprint density at radius 1 is 1.47 bits per heavy atom. The zero-order chi connectivity index (χ0) is 14.6. The molecular weight excluding hydrogens is 312 g/mol. The highest BCUT2D eigenvalue weighted by atomic mass is 79.9. The molecule has 0 aromatic heterocycles. The molecule has 0 heterocycles. The summed E-state index contributed by atoms with van der Waals surface area (Å²) in [5.74, 6) is -0.188. The van der Waals surface area contributed by atoms with Gasteiger partial charge in [-0.1, -0.05) is 13.0 Å². The Bertz CT molecular complexity index is 489. The Labute approximate surface area is 120 Å². The fraction of sp³-hybridized carbons (Fsp3) is 0.462. The van der Waals surface area contributed by atoms with Gasteiger partial charge in [0, 0.05) is 18.7 Å². The molecule has 1 rings (SSSR count). The van der Waals surface area contributed by atoms with Crippen molar-refractivity contribution in [1.82, 2.24) is 4.90 Å². The van der Waals surface area contributed by atoms with Crippen LogP contribution in [0.4, 0.5) is 5.69 Å². The van der Waals surface area contributed by atoms with Gasteiger partial charge < -0.3 is 4.90 Å². The minimum atomic E-state index is -0.500. The molecule has 0 N–H and O–H groups in total. The largest absolute Gasteiger partial charge is 0.336 e. The molecule has 0 bridgehead atoms. The van der Waals surface area contributed by atoms with Gasteiger partial charge in [-0.3, -0.25) is 14.9 Å². The van der Waals surface area contributed by atoms with Crippen LogP contribution in [-0.2, 0) is 0 Å². The van der Waals surface area contributed by atoms with Gasteiger partial charge in [0.1, 0.15) is 4.47 Å². The molecule has 1 aromatic rings. The number of halogens is 1. The van der Waals surface area contributed by atoms with Crippen molar-refractivity contribution in [2.45, 2.75) is 33.2 Å². The third-order valence-corrected chi connectivity index (χ3v) is 3.59. The molecule has 1 amide bonds. The third-order valence-electron chi connectivity index (χ3n) is 2.75. The molecule has 0 spiro atoms. The molecule has 0 unspecified atom stereocenters. The molecule has 0 aliphatic carbocycles. The van der Waals surface area contributed by atoms with Crippen molar-refractivity contribution in [1.29, 1.82) is 0 Å². The second kappa shape index (κ2) is 6.65. The molecule has 1 aromatic carbocycles. The molecule has 0 radical (unpaired) electrons. The highest BCUT2D eigenvalue weighted by Crippen LogP contribution is 2.29. The van der Waals surface area contributed by atoms with Crippen molar-refractivity contribution in [3.63, 3.8) is 0 Å². The lowest BCUT2D eigenvalue weighted by Crippen LogP contribution is -2.37.